The summed E-state index contributed by atoms with van der Waals surface area (Å²) < 4.78 is 0.854. The van der Waals surface area contributed by atoms with E-state index in [-0.39, 0.29) is 30.2 Å². The van der Waals surface area contributed by atoms with E-state index >= 15 is 0 Å². The molecule has 0 bridgehead atoms. The number of likely N-dealkylation sites (tertiary alicyclic amines) is 1. The third-order valence-corrected chi connectivity index (χ3v) is 8.10. The normalized spacial score (nSPS) is 21.1. The summed E-state index contributed by atoms with van der Waals surface area (Å²) in [6.07, 6.45) is 6.37. The average Bonchev–Trinajstić information content (AvgIpc) is 3.73. The number of hydrogen-bond acceptors (Lipinski definition) is 4. The van der Waals surface area contributed by atoms with Gasteiger partial charge in [-0.1, -0.05) is 18.7 Å². The van der Waals surface area contributed by atoms with Gasteiger partial charge in [0.1, 0.15) is 11.8 Å². The van der Waals surface area contributed by atoms with E-state index in [1.165, 1.54) is 12.8 Å². The van der Waals surface area contributed by atoms with Crippen LogP contribution in [0.3, 0.4) is 0 Å². The second-order valence-corrected chi connectivity index (χ2v) is 12.0. The summed E-state index contributed by atoms with van der Waals surface area (Å²) >= 11 is 0. The number of carbonyl (C=O) groups excluding carboxylic acids is 3. The number of phenols is 1. The Morgan fingerprint density at radius 3 is 2.37 bits per heavy atom. The third kappa shape index (κ3) is 8.10. The van der Waals surface area contributed by atoms with Gasteiger partial charge >= 0.3 is 6.03 Å². The average molecular weight is 563 g/mol. The molecule has 2 aromatic rings. The van der Waals surface area contributed by atoms with Crippen LogP contribution in [0, 0.1) is 5.92 Å². The molecular formula is C32H44N5O4+. The number of phenolic OH excluding ortho intramolecular Hbond substituents is 1. The molecule has 1 aliphatic heterocycles. The molecule has 0 spiro atoms. The summed E-state index contributed by atoms with van der Waals surface area (Å²) in [5.74, 6) is 0.0644. The number of hydrogen-bond donors (Lipinski definition) is 4. The largest absolute Gasteiger partial charge is 0.508 e. The highest BCUT2D eigenvalue weighted by Gasteiger charge is 2.44. The van der Waals surface area contributed by atoms with E-state index in [2.05, 4.69) is 17.2 Å². The lowest BCUT2D eigenvalue weighted by Crippen LogP contribution is -2.64. The molecule has 1 aliphatic carbocycles. The predicted molar refractivity (Wildman–Crippen MR) is 160 cm³/mol. The van der Waals surface area contributed by atoms with Crippen LogP contribution in [0.4, 0.5) is 10.5 Å². The van der Waals surface area contributed by atoms with Gasteiger partial charge in [0, 0.05) is 29.6 Å². The fourth-order valence-corrected chi connectivity index (χ4v) is 6.04. The Bertz CT molecular complexity index is 1230. The number of benzene rings is 2. The zero-order valence-electron chi connectivity index (χ0n) is 24.2. The topological polar surface area (TPSA) is 125 Å². The summed E-state index contributed by atoms with van der Waals surface area (Å²) in [6, 6.07) is 11.9. The van der Waals surface area contributed by atoms with Gasteiger partial charge in [0.25, 0.3) is 5.91 Å². The standard InChI is InChI=1S/C32H43N5O4/c1-4-17-37(20-24-7-8-24)18-5-6-27(21-37)36(29(30(33)39)19-23-9-15-28(38)16-10-23)32(41)35-26-13-11-25(12-14-26)31(40)34-22(2)3/h4,9-16,22,24,27,29H,1,5-8,17-21H2,2-3H3,(H4-,33,34,35,38,39,40,41)/p+1/t27-,29+,37?/m1/s1. The molecule has 1 saturated carbocycles. The molecule has 9 nitrogen and oxygen atoms in total. The van der Waals surface area contributed by atoms with E-state index < -0.39 is 18.0 Å². The van der Waals surface area contributed by atoms with Crippen LogP contribution in [-0.4, -0.2) is 76.6 Å². The lowest BCUT2D eigenvalue weighted by molar-refractivity contribution is -0.930. The van der Waals surface area contributed by atoms with Crippen molar-refractivity contribution in [3.05, 3.63) is 72.3 Å². The molecular weight excluding hydrogens is 518 g/mol. The summed E-state index contributed by atoms with van der Waals surface area (Å²) in [5.41, 5.74) is 7.80. The highest BCUT2D eigenvalue weighted by molar-refractivity contribution is 5.96. The number of anilines is 1. The fraction of sp³-hybridized carbons (Fsp3) is 0.469. The number of nitrogens with zero attached hydrogens (tertiary/aromatic N) is 2. The molecule has 1 heterocycles. The summed E-state index contributed by atoms with van der Waals surface area (Å²) in [6.45, 7) is 11.4. The second-order valence-electron chi connectivity index (χ2n) is 12.0. The quantitative estimate of drug-likeness (QED) is 0.230. The Balaban J connectivity index is 1.62. The summed E-state index contributed by atoms with van der Waals surface area (Å²) in [7, 11) is 0. The van der Waals surface area contributed by atoms with Crippen molar-refractivity contribution in [1.82, 2.24) is 10.2 Å². The Labute approximate surface area is 243 Å². The Morgan fingerprint density at radius 2 is 1.78 bits per heavy atom. The molecule has 2 fully saturated rings. The molecule has 9 heteroatoms. The smallest absolute Gasteiger partial charge is 0.323 e. The van der Waals surface area contributed by atoms with E-state index in [0.717, 1.165) is 49.1 Å². The van der Waals surface area contributed by atoms with Crippen LogP contribution in [0.2, 0.25) is 0 Å². The van der Waals surface area contributed by atoms with E-state index in [0.29, 0.717) is 17.2 Å². The highest BCUT2D eigenvalue weighted by Crippen LogP contribution is 2.35. The van der Waals surface area contributed by atoms with E-state index in [9.17, 15) is 19.5 Å². The van der Waals surface area contributed by atoms with Gasteiger partial charge in [-0.05, 0) is 87.6 Å². The molecule has 2 aromatic carbocycles. The number of piperidine rings is 1. The van der Waals surface area contributed by atoms with Crippen molar-refractivity contribution in [2.45, 2.75) is 64.1 Å². The predicted octanol–water partition coefficient (Wildman–Crippen LogP) is 4.04. The Hall–Kier alpha value is -3.85. The van der Waals surface area contributed by atoms with Crippen LogP contribution in [0.15, 0.2) is 61.2 Å². The van der Waals surface area contributed by atoms with Crippen molar-refractivity contribution in [3.63, 3.8) is 0 Å². The maximum absolute atomic E-state index is 14.0. The Morgan fingerprint density at radius 1 is 1.10 bits per heavy atom. The minimum Gasteiger partial charge on any atom is -0.508 e. The van der Waals surface area contributed by atoms with Crippen molar-refractivity contribution >= 4 is 23.5 Å². The number of aromatic hydroxyl groups is 1. The molecule has 3 atom stereocenters. The van der Waals surface area contributed by atoms with Gasteiger partial charge in [0.15, 0.2) is 0 Å². The molecule has 2 aliphatic rings. The minimum absolute atomic E-state index is 0.0109. The van der Waals surface area contributed by atoms with Crippen molar-refractivity contribution in [2.75, 3.05) is 31.5 Å². The molecule has 1 unspecified atom stereocenters. The highest BCUT2D eigenvalue weighted by atomic mass is 16.3. The van der Waals surface area contributed by atoms with Crippen LogP contribution in [0.1, 0.15) is 55.5 Å². The zero-order valence-corrected chi connectivity index (χ0v) is 24.2. The van der Waals surface area contributed by atoms with E-state index in [4.69, 9.17) is 5.73 Å². The molecule has 1 saturated heterocycles. The number of amides is 4. The SMILES string of the molecule is C=CC[N+]1(CC2CC2)CCC[C@@H](N(C(=O)Nc2ccc(C(=O)NC(C)C)cc2)[C@@H](Cc2ccc(O)cc2)C(N)=O)C1. The zero-order chi connectivity index (χ0) is 29.6. The lowest BCUT2D eigenvalue weighted by Gasteiger charge is -2.48. The number of primary amides is 1. The third-order valence-electron chi connectivity index (χ3n) is 8.10. The summed E-state index contributed by atoms with van der Waals surface area (Å²) in [5, 5.41) is 15.6. The van der Waals surface area contributed by atoms with Crippen LogP contribution in [0.5, 0.6) is 5.75 Å². The summed E-state index contributed by atoms with van der Waals surface area (Å²) in [4.78, 5) is 41.0. The number of rotatable bonds is 12. The Kier molecular flexibility index (Phi) is 9.70. The van der Waals surface area contributed by atoms with Crippen LogP contribution in [0.25, 0.3) is 0 Å². The van der Waals surface area contributed by atoms with Crippen molar-refractivity contribution in [2.24, 2.45) is 11.7 Å². The number of quaternary nitrogens is 1. The monoisotopic (exact) mass is 562 g/mol. The number of carbonyl (C=O) groups is 3. The van der Waals surface area contributed by atoms with Crippen LogP contribution >= 0.6 is 0 Å². The minimum atomic E-state index is -0.884. The number of nitrogens with one attached hydrogen (secondary N) is 2. The molecule has 4 rings (SSSR count). The first kappa shape index (κ1) is 30.1. The van der Waals surface area contributed by atoms with Crippen molar-refractivity contribution in [1.29, 1.82) is 0 Å². The maximum atomic E-state index is 14.0. The van der Waals surface area contributed by atoms with Crippen LogP contribution in [-0.2, 0) is 11.2 Å². The van der Waals surface area contributed by atoms with Crippen LogP contribution < -0.4 is 16.4 Å². The van der Waals surface area contributed by atoms with Crippen molar-refractivity contribution in [3.8, 4) is 5.75 Å². The maximum Gasteiger partial charge on any atom is 0.323 e. The number of urea groups is 1. The van der Waals surface area contributed by atoms with Gasteiger partial charge in [-0.3, -0.25) is 9.59 Å². The van der Waals surface area contributed by atoms with Gasteiger partial charge in [-0.15, -0.1) is 0 Å². The molecule has 220 valence electrons. The molecule has 4 amide bonds. The van der Waals surface area contributed by atoms with Crippen molar-refractivity contribution < 1.29 is 24.0 Å². The lowest BCUT2D eigenvalue weighted by atomic mass is 9.96. The van der Waals surface area contributed by atoms with Gasteiger partial charge in [0.2, 0.25) is 5.91 Å². The van der Waals surface area contributed by atoms with Gasteiger partial charge < -0.3 is 30.9 Å². The van der Waals surface area contributed by atoms with E-state index in [1.807, 2.05) is 19.9 Å². The second kappa shape index (κ2) is 13.2. The van der Waals surface area contributed by atoms with E-state index in [1.54, 1.807) is 53.4 Å². The molecule has 0 aromatic heterocycles. The molecule has 0 radical (unpaired) electrons. The van der Waals surface area contributed by atoms with Gasteiger partial charge in [-0.2, -0.15) is 0 Å². The first-order chi connectivity index (χ1) is 19.6. The van der Waals surface area contributed by atoms with Gasteiger partial charge in [0.05, 0.1) is 32.2 Å². The molecule has 41 heavy (non-hydrogen) atoms. The molecule has 5 N–H and O–H groups in total. The first-order valence-corrected chi connectivity index (χ1v) is 14.6. The first-order valence-electron chi connectivity index (χ1n) is 14.6. The fourth-order valence-electron chi connectivity index (χ4n) is 6.04. The van der Waals surface area contributed by atoms with Gasteiger partial charge in [-0.25, -0.2) is 4.79 Å². The number of nitrogens with two attached hydrogens (primary N) is 1.